The van der Waals surface area contributed by atoms with Crippen LogP contribution in [0, 0.1) is 0 Å². The average molecular weight is 376 g/mol. The number of amides is 1. The highest BCUT2D eigenvalue weighted by Crippen LogP contribution is 2.25. The number of aromatic nitrogens is 3. The van der Waals surface area contributed by atoms with Gasteiger partial charge in [0.2, 0.25) is 0 Å². The molecule has 142 valence electrons. The summed E-state index contributed by atoms with van der Waals surface area (Å²) in [7, 11) is 0. The van der Waals surface area contributed by atoms with E-state index in [2.05, 4.69) is 25.6 Å². The summed E-state index contributed by atoms with van der Waals surface area (Å²) in [6.45, 7) is 1.36. The zero-order valence-corrected chi connectivity index (χ0v) is 15.2. The van der Waals surface area contributed by atoms with E-state index in [1.807, 2.05) is 30.3 Å². The SMILES string of the molecule is Nc1ncc2nc1C(=O)Nc1cnccc1NCCCCOc1cccc-2c1. The molecule has 0 saturated carbocycles. The Labute approximate surface area is 162 Å². The summed E-state index contributed by atoms with van der Waals surface area (Å²) in [5, 5.41) is 6.14. The summed E-state index contributed by atoms with van der Waals surface area (Å²) in [6, 6.07) is 9.36. The van der Waals surface area contributed by atoms with Gasteiger partial charge in [-0.2, -0.15) is 0 Å². The molecule has 4 N–H and O–H groups in total. The molecule has 8 heteroatoms. The molecule has 0 saturated heterocycles. The van der Waals surface area contributed by atoms with Gasteiger partial charge < -0.3 is 21.1 Å². The third-order valence-corrected chi connectivity index (χ3v) is 4.37. The van der Waals surface area contributed by atoms with E-state index in [1.165, 1.54) is 0 Å². The van der Waals surface area contributed by atoms with Gasteiger partial charge in [0.15, 0.2) is 11.5 Å². The fourth-order valence-electron chi connectivity index (χ4n) is 2.92. The molecule has 3 aromatic rings. The number of rotatable bonds is 0. The zero-order valence-electron chi connectivity index (χ0n) is 15.2. The van der Waals surface area contributed by atoms with Crippen LogP contribution in [-0.2, 0) is 0 Å². The van der Waals surface area contributed by atoms with Gasteiger partial charge in [0.1, 0.15) is 5.75 Å². The average Bonchev–Trinajstić information content (AvgIpc) is 2.71. The number of benzene rings is 1. The van der Waals surface area contributed by atoms with E-state index in [4.69, 9.17) is 10.5 Å². The lowest BCUT2D eigenvalue weighted by Crippen LogP contribution is -2.18. The summed E-state index contributed by atoms with van der Waals surface area (Å²) in [5.41, 5.74) is 8.66. The van der Waals surface area contributed by atoms with E-state index in [0.717, 1.165) is 36.4 Å². The van der Waals surface area contributed by atoms with Crippen LogP contribution in [0.4, 0.5) is 17.2 Å². The number of pyridine rings is 1. The van der Waals surface area contributed by atoms with E-state index in [-0.39, 0.29) is 11.5 Å². The third kappa shape index (κ3) is 3.85. The summed E-state index contributed by atoms with van der Waals surface area (Å²) >= 11 is 0. The Morgan fingerprint density at radius 1 is 1.11 bits per heavy atom. The molecule has 1 amide bonds. The second kappa shape index (κ2) is 7.91. The number of nitrogens with two attached hydrogens (primary N) is 1. The van der Waals surface area contributed by atoms with E-state index in [0.29, 0.717) is 18.0 Å². The molecule has 0 spiro atoms. The molecule has 0 unspecified atom stereocenters. The molecule has 8 nitrogen and oxygen atoms in total. The normalized spacial score (nSPS) is 14.2. The van der Waals surface area contributed by atoms with Crippen molar-refractivity contribution in [2.45, 2.75) is 12.8 Å². The fraction of sp³-hybridized carbons (Fsp3) is 0.200. The van der Waals surface area contributed by atoms with Gasteiger partial charge in [0, 0.05) is 18.3 Å². The number of hydrogen-bond acceptors (Lipinski definition) is 7. The number of carbonyl (C=O) groups is 1. The van der Waals surface area contributed by atoms with Gasteiger partial charge in [-0.25, -0.2) is 9.97 Å². The van der Waals surface area contributed by atoms with Gasteiger partial charge in [0.05, 0.1) is 36.1 Å². The van der Waals surface area contributed by atoms with Crippen molar-refractivity contribution >= 4 is 23.1 Å². The van der Waals surface area contributed by atoms with E-state index < -0.39 is 5.91 Å². The first-order valence-corrected chi connectivity index (χ1v) is 9.06. The van der Waals surface area contributed by atoms with Crippen LogP contribution < -0.4 is 21.1 Å². The molecule has 0 aliphatic carbocycles. The second-order valence-corrected chi connectivity index (χ2v) is 6.37. The number of nitrogen functional groups attached to an aromatic ring is 1. The number of nitrogens with zero attached hydrogens (tertiary/aromatic N) is 3. The third-order valence-electron chi connectivity index (χ3n) is 4.37. The maximum atomic E-state index is 12.8. The summed E-state index contributed by atoms with van der Waals surface area (Å²) < 4.78 is 5.84. The Kier molecular flexibility index (Phi) is 5.01. The summed E-state index contributed by atoms with van der Waals surface area (Å²) in [5.74, 6) is 0.370. The standard InChI is InChI=1S/C20H20N6O2/c21-19-18-20(27)26-17-11-22-8-6-15(17)23-7-1-2-9-28-14-5-3-4-13(10-14)16(25-18)12-24-19/h3-6,8,10-12,23H,1-2,7,9H2,(H2,21,24)(H,26,27). The largest absolute Gasteiger partial charge is 0.494 e. The molecule has 4 bridgehead atoms. The van der Waals surface area contributed by atoms with Crippen LogP contribution in [0.3, 0.4) is 0 Å². The molecule has 1 aliphatic heterocycles. The van der Waals surface area contributed by atoms with Crippen molar-refractivity contribution in [3.63, 3.8) is 0 Å². The molecule has 2 aromatic heterocycles. The van der Waals surface area contributed by atoms with Crippen molar-refractivity contribution in [1.82, 2.24) is 15.0 Å². The number of anilines is 3. The minimum absolute atomic E-state index is 0.0609. The maximum Gasteiger partial charge on any atom is 0.278 e. The Morgan fingerprint density at radius 3 is 2.96 bits per heavy atom. The Balaban J connectivity index is 1.74. The topological polar surface area (TPSA) is 115 Å². The molecule has 0 radical (unpaired) electrons. The molecule has 4 rings (SSSR count). The molecule has 1 aromatic carbocycles. The van der Waals surface area contributed by atoms with E-state index in [1.54, 1.807) is 18.6 Å². The number of hydrogen-bond donors (Lipinski definition) is 3. The second-order valence-electron chi connectivity index (χ2n) is 6.37. The van der Waals surface area contributed by atoms with Crippen LogP contribution in [-0.4, -0.2) is 34.0 Å². The minimum atomic E-state index is -0.442. The molecule has 0 atom stereocenters. The first kappa shape index (κ1) is 17.7. The number of fused-ring (bicyclic) bond motifs is 6. The van der Waals surface area contributed by atoms with Crippen molar-refractivity contribution in [2.24, 2.45) is 0 Å². The molecule has 28 heavy (non-hydrogen) atoms. The first-order chi connectivity index (χ1) is 13.7. The zero-order chi connectivity index (χ0) is 19.3. The van der Waals surface area contributed by atoms with Crippen LogP contribution in [0.25, 0.3) is 11.3 Å². The van der Waals surface area contributed by atoms with Crippen molar-refractivity contribution < 1.29 is 9.53 Å². The molecular weight excluding hydrogens is 356 g/mol. The monoisotopic (exact) mass is 376 g/mol. The Hall–Kier alpha value is -3.68. The smallest absolute Gasteiger partial charge is 0.278 e. The van der Waals surface area contributed by atoms with Gasteiger partial charge in [-0.05, 0) is 31.0 Å². The summed E-state index contributed by atoms with van der Waals surface area (Å²) in [4.78, 5) is 25.5. The number of ether oxygens (including phenoxy) is 1. The molecule has 0 fully saturated rings. The lowest BCUT2D eigenvalue weighted by molar-refractivity contribution is 0.102. The Bertz CT molecular complexity index is 1010. The van der Waals surface area contributed by atoms with Crippen LogP contribution in [0.5, 0.6) is 5.75 Å². The molecule has 3 heterocycles. The van der Waals surface area contributed by atoms with Gasteiger partial charge >= 0.3 is 0 Å². The summed E-state index contributed by atoms with van der Waals surface area (Å²) in [6.07, 6.45) is 6.62. The van der Waals surface area contributed by atoms with Gasteiger partial charge in [-0.1, -0.05) is 12.1 Å². The van der Waals surface area contributed by atoms with Crippen LogP contribution in [0.15, 0.2) is 48.9 Å². The van der Waals surface area contributed by atoms with Crippen LogP contribution >= 0.6 is 0 Å². The Morgan fingerprint density at radius 2 is 2.04 bits per heavy atom. The van der Waals surface area contributed by atoms with E-state index in [9.17, 15) is 4.79 Å². The predicted molar refractivity (Wildman–Crippen MR) is 107 cm³/mol. The first-order valence-electron chi connectivity index (χ1n) is 9.06. The van der Waals surface area contributed by atoms with E-state index >= 15 is 0 Å². The number of nitrogens with one attached hydrogen (secondary N) is 2. The van der Waals surface area contributed by atoms with Crippen molar-refractivity contribution in [3.8, 4) is 17.0 Å². The van der Waals surface area contributed by atoms with Crippen molar-refractivity contribution in [2.75, 3.05) is 29.5 Å². The minimum Gasteiger partial charge on any atom is -0.494 e. The molecule has 1 aliphatic rings. The highest BCUT2D eigenvalue weighted by Gasteiger charge is 2.17. The van der Waals surface area contributed by atoms with Crippen LogP contribution in [0.2, 0.25) is 0 Å². The number of carbonyl (C=O) groups excluding carboxylic acids is 1. The fourth-order valence-corrected chi connectivity index (χ4v) is 2.92. The molecular formula is C20H20N6O2. The highest BCUT2D eigenvalue weighted by atomic mass is 16.5. The highest BCUT2D eigenvalue weighted by molar-refractivity contribution is 6.07. The van der Waals surface area contributed by atoms with Gasteiger partial charge in [-0.15, -0.1) is 0 Å². The van der Waals surface area contributed by atoms with Crippen molar-refractivity contribution in [3.05, 3.63) is 54.6 Å². The van der Waals surface area contributed by atoms with Crippen molar-refractivity contribution in [1.29, 1.82) is 0 Å². The quantitative estimate of drug-likeness (QED) is 0.552. The van der Waals surface area contributed by atoms with Gasteiger partial charge in [-0.3, -0.25) is 9.78 Å². The predicted octanol–water partition coefficient (Wildman–Crippen LogP) is 2.96. The van der Waals surface area contributed by atoms with Crippen LogP contribution in [0.1, 0.15) is 23.3 Å². The lowest BCUT2D eigenvalue weighted by atomic mass is 10.1. The lowest BCUT2D eigenvalue weighted by Gasteiger charge is -2.14. The maximum absolute atomic E-state index is 12.8. The van der Waals surface area contributed by atoms with Gasteiger partial charge in [0.25, 0.3) is 5.91 Å².